The van der Waals surface area contributed by atoms with E-state index in [-0.39, 0.29) is 26.0 Å². The number of carboxylic acids is 1. The van der Waals surface area contributed by atoms with E-state index in [0.29, 0.717) is 0 Å². The summed E-state index contributed by atoms with van der Waals surface area (Å²) in [6.45, 7) is -0.528. The van der Waals surface area contributed by atoms with Crippen LogP contribution in [0.1, 0.15) is 12.8 Å². The molecule has 0 aromatic carbocycles. The van der Waals surface area contributed by atoms with Gasteiger partial charge in [-0.15, -0.1) is 0 Å². The number of aliphatic carboxylic acids is 1. The molecule has 2 saturated heterocycles. The first kappa shape index (κ1) is 24.3. The average Bonchev–Trinajstić information content (AvgIpc) is 2.69. The van der Waals surface area contributed by atoms with Gasteiger partial charge in [-0.1, -0.05) is 0 Å². The van der Waals surface area contributed by atoms with Crippen LogP contribution in [0.3, 0.4) is 0 Å². The van der Waals surface area contributed by atoms with Gasteiger partial charge in [0, 0.05) is 13.0 Å². The zero-order valence-electron chi connectivity index (χ0n) is 15.6. The number of aliphatic hydroxyl groups is 6. The molecule has 2 aliphatic rings. The summed E-state index contributed by atoms with van der Waals surface area (Å²) in [6.07, 6.45) is -15.4. The Morgan fingerprint density at radius 3 is 2.10 bits per heavy atom. The van der Waals surface area contributed by atoms with Gasteiger partial charge in [0.15, 0.2) is 12.6 Å². The molecule has 0 bridgehead atoms. The Morgan fingerprint density at radius 2 is 1.52 bits per heavy atom. The van der Waals surface area contributed by atoms with Crippen LogP contribution in [0, 0.1) is 0 Å². The van der Waals surface area contributed by atoms with Gasteiger partial charge >= 0.3 is 5.97 Å². The minimum absolute atomic E-state index is 0.0118. The number of carboxylic acid groups (broad SMARTS) is 1. The molecular weight excluding hydrogens is 398 g/mol. The van der Waals surface area contributed by atoms with Crippen molar-refractivity contribution >= 4 is 5.97 Å². The maximum absolute atomic E-state index is 10.8. The molecule has 9 N–H and O–H groups in total. The highest BCUT2D eigenvalue weighted by Gasteiger charge is 2.50. The fraction of sp³-hybridized carbons (Fsp3) is 0.938. The molecule has 0 aromatic heterocycles. The molecule has 13 nitrogen and oxygen atoms in total. The van der Waals surface area contributed by atoms with Gasteiger partial charge in [0.05, 0.1) is 19.3 Å². The number of ether oxygens (including phenoxy) is 4. The van der Waals surface area contributed by atoms with Crippen LogP contribution < -0.4 is 5.73 Å². The van der Waals surface area contributed by atoms with E-state index in [1.807, 2.05) is 0 Å². The zero-order valence-corrected chi connectivity index (χ0v) is 15.6. The van der Waals surface area contributed by atoms with Crippen molar-refractivity contribution in [3.63, 3.8) is 0 Å². The van der Waals surface area contributed by atoms with Crippen molar-refractivity contribution < 1.29 is 59.5 Å². The smallest absolute Gasteiger partial charge is 0.303 e. The number of hydrogen-bond acceptors (Lipinski definition) is 12. The standard InChI is InChI=1S/C16H29NO12/c17-3-4-26-16-14(12(24)10(22)7(5-18)28-16)29-15-13(25)11(23)9(21)6(27-15)1-2-8(19)20/h6-7,9-16,18,21-25H,1-5,17H2,(H,19,20)/t6?,7?,9-,10-,11?,12?,13-,14-,15-,16+/m1/s1. The lowest BCUT2D eigenvalue weighted by Crippen LogP contribution is -2.64. The van der Waals surface area contributed by atoms with Crippen molar-refractivity contribution in [2.24, 2.45) is 5.73 Å². The molecule has 170 valence electrons. The summed E-state index contributed by atoms with van der Waals surface area (Å²) in [5, 5.41) is 68.8. The van der Waals surface area contributed by atoms with Crippen molar-refractivity contribution in [3.8, 4) is 0 Å². The number of carbonyl (C=O) groups is 1. The van der Waals surface area contributed by atoms with Gasteiger partial charge in [0.1, 0.15) is 42.7 Å². The first-order chi connectivity index (χ1) is 13.7. The lowest BCUT2D eigenvalue weighted by molar-refractivity contribution is -0.366. The Morgan fingerprint density at radius 1 is 0.897 bits per heavy atom. The number of aliphatic hydroxyl groups excluding tert-OH is 6. The van der Waals surface area contributed by atoms with Crippen LogP contribution in [0.2, 0.25) is 0 Å². The van der Waals surface area contributed by atoms with E-state index in [4.69, 9.17) is 29.8 Å². The lowest BCUT2D eigenvalue weighted by atomic mass is 9.95. The monoisotopic (exact) mass is 427 g/mol. The summed E-state index contributed by atoms with van der Waals surface area (Å²) < 4.78 is 21.6. The molecule has 0 radical (unpaired) electrons. The Hall–Kier alpha value is -0.970. The molecule has 10 atom stereocenters. The molecule has 2 heterocycles. The van der Waals surface area contributed by atoms with Gasteiger partial charge in [0.25, 0.3) is 0 Å². The Bertz CT molecular complexity index is 524. The topological polar surface area (TPSA) is 222 Å². The van der Waals surface area contributed by atoms with Crippen molar-refractivity contribution in [1.82, 2.24) is 0 Å². The third-order valence-corrected chi connectivity index (χ3v) is 4.83. The van der Waals surface area contributed by atoms with E-state index in [0.717, 1.165) is 0 Å². The number of hydrogen-bond donors (Lipinski definition) is 8. The van der Waals surface area contributed by atoms with Crippen LogP contribution in [-0.2, 0) is 23.7 Å². The minimum Gasteiger partial charge on any atom is -0.481 e. The normalized spacial score (nSPS) is 43.3. The molecule has 0 aliphatic carbocycles. The Labute approximate surface area is 166 Å². The molecule has 0 spiro atoms. The average molecular weight is 427 g/mol. The second-order valence-electron chi connectivity index (χ2n) is 6.91. The van der Waals surface area contributed by atoms with Crippen LogP contribution in [0.25, 0.3) is 0 Å². The highest BCUT2D eigenvalue weighted by molar-refractivity contribution is 5.66. The summed E-state index contributed by atoms with van der Waals surface area (Å²) in [5.41, 5.74) is 5.38. The minimum atomic E-state index is -1.75. The summed E-state index contributed by atoms with van der Waals surface area (Å²) in [7, 11) is 0. The highest BCUT2D eigenvalue weighted by Crippen LogP contribution is 2.30. The van der Waals surface area contributed by atoms with E-state index in [1.54, 1.807) is 0 Å². The van der Waals surface area contributed by atoms with Crippen molar-refractivity contribution in [2.45, 2.75) is 74.3 Å². The van der Waals surface area contributed by atoms with Gasteiger partial charge < -0.3 is 60.4 Å². The molecule has 29 heavy (non-hydrogen) atoms. The molecule has 0 amide bonds. The first-order valence-corrected chi connectivity index (χ1v) is 9.22. The lowest BCUT2D eigenvalue weighted by Gasteiger charge is -2.46. The Balaban J connectivity index is 2.14. The summed E-state index contributed by atoms with van der Waals surface area (Å²) in [6, 6.07) is 0. The van der Waals surface area contributed by atoms with E-state index < -0.39 is 74.0 Å². The van der Waals surface area contributed by atoms with Gasteiger partial charge in [-0.05, 0) is 6.42 Å². The van der Waals surface area contributed by atoms with E-state index in [2.05, 4.69) is 0 Å². The van der Waals surface area contributed by atoms with E-state index in [9.17, 15) is 35.4 Å². The van der Waals surface area contributed by atoms with E-state index in [1.165, 1.54) is 0 Å². The van der Waals surface area contributed by atoms with Crippen molar-refractivity contribution in [2.75, 3.05) is 19.8 Å². The fourth-order valence-corrected chi connectivity index (χ4v) is 3.21. The van der Waals surface area contributed by atoms with Gasteiger partial charge in [-0.25, -0.2) is 0 Å². The first-order valence-electron chi connectivity index (χ1n) is 9.22. The fourth-order valence-electron chi connectivity index (χ4n) is 3.21. The zero-order chi connectivity index (χ0) is 21.7. The van der Waals surface area contributed by atoms with Crippen LogP contribution in [0.15, 0.2) is 0 Å². The molecule has 4 unspecified atom stereocenters. The largest absolute Gasteiger partial charge is 0.481 e. The highest BCUT2D eigenvalue weighted by atomic mass is 16.8. The number of rotatable bonds is 9. The maximum Gasteiger partial charge on any atom is 0.303 e. The molecule has 2 rings (SSSR count). The third kappa shape index (κ3) is 5.80. The molecule has 13 heteroatoms. The summed E-state index contributed by atoms with van der Waals surface area (Å²) in [5.74, 6) is -1.15. The Kier molecular flexibility index (Phi) is 9.12. The maximum atomic E-state index is 10.8. The van der Waals surface area contributed by atoms with Gasteiger partial charge in [-0.2, -0.15) is 0 Å². The van der Waals surface area contributed by atoms with Crippen LogP contribution in [0.5, 0.6) is 0 Å². The van der Waals surface area contributed by atoms with Gasteiger partial charge in [0.2, 0.25) is 0 Å². The van der Waals surface area contributed by atoms with E-state index >= 15 is 0 Å². The van der Waals surface area contributed by atoms with Crippen molar-refractivity contribution in [1.29, 1.82) is 0 Å². The van der Waals surface area contributed by atoms with Crippen LogP contribution in [-0.4, -0.2) is 123 Å². The molecule has 2 aliphatic heterocycles. The second kappa shape index (κ2) is 10.9. The summed E-state index contributed by atoms with van der Waals surface area (Å²) in [4.78, 5) is 10.8. The third-order valence-electron chi connectivity index (χ3n) is 4.83. The molecule has 0 saturated carbocycles. The predicted molar refractivity (Wildman–Crippen MR) is 91.2 cm³/mol. The van der Waals surface area contributed by atoms with Crippen molar-refractivity contribution in [3.05, 3.63) is 0 Å². The van der Waals surface area contributed by atoms with Gasteiger partial charge in [-0.3, -0.25) is 4.79 Å². The van der Waals surface area contributed by atoms with Crippen LogP contribution in [0.4, 0.5) is 0 Å². The van der Waals surface area contributed by atoms with Crippen LogP contribution >= 0.6 is 0 Å². The quantitative estimate of drug-likeness (QED) is 0.174. The molecule has 0 aromatic rings. The SMILES string of the molecule is NCCO[C@H]1OC(CO)[C@@H](O)C(O)[C@H]1O[C@H]1OC(CCC(=O)O)[C@@H](O)C(O)[C@H]1O. The molecule has 2 fully saturated rings. The summed E-state index contributed by atoms with van der Waals surface area (Å²) >= 11 is 0. The second-order valence-corrected chi connectivity index (χ2v) is 6.91. The predicted octanol–water partition coefficient (Wildman–Crippen LogP) is -4.54. The molecular formula is C16H29NO12. The number of nitrogens with two attached hydrogens (primary N) is 1.